The minimum atomic E-state index is 0.778. The van der Waals surface area contributed by atoms with Gasteiger partial charge in [0.2, 0.25) is 0 Å². The first-order valence-corrected chi connectivity index (χ1v) is 9.65. The van der Waals surface area contributed by atoms with Crippen molar-refractivity contribution in [2.75, 3.05) is 22.9 Å². The number of anilines is 4. The van der Waals surface area contributed by atoms with Crippen molar-refractivity contribution in [2.24, 2.45) is 0 Å². The van der Waals surface area contributed by atoms with E-state index in [1.165, 1.54) is 24.9 Å². The molecule has 0 aromatic heterocycles. The van der Waals surface area contributed by atoms with E-state index in [4.69, 9.17) is 11.6 Å². The molecule has 2 nitrogen and oxygen atoms in total. The molecule has 0 aliphatic carbocycles. The standard InChI is InChI=1S/C23H23ClN2/c24-19-16-22(25-14-8-3-9-15-25)18-23(17-19)26(20-10-4-1-5-11-20)21-12-6-2-7-13-21/h1-2,4-7,10-13,16-18H,3,8-9,14-15H2. The lowest BCUT2D eigenvalue weighted by atomic mass is 10.1. The van der Waals surface area contributed by atoms with Crippen LogP contribution in [-0.2, 0) is 0 Å². The fraction of sp³-hybridized carbons (Fsp3) is 0.217. The summed E-state index contributed by atoms with van der Waals surface area (Å²) in [7, 11) is 0. The maximum Gasteiger partial charge on any atom is 0.0497 e. The Labute approximate surface area is 160 Å². The van der Waals surface area contributed by atoms with Gasteiger partial charge in [0.15, 0.2) is 0 Å². The number of para-hydroxylation sites is 2. The summed E-state index contributed by atoms with van der Waals surface area (Å²) in [6.45, 7) is 2.22. The van der Waals surface area contributed by atoms with Crippen molar-refractivity contribution in [2.45, 2.75) is 19.3 Å². The predicted molar refractivity (Wildman–Crippen MR) is 112 cm³/mol. The minimum absolute atomic E-state index is 0.778. The molecule has 3 aromatic rings. The number of piperidine rings is 1. The van der Waals surface area contributed by atoms with Gasteiger partial charge in [-0.2, -0.15) is 0 Å². The van der Waals surface area contributed by atoms with Crippen LogP contribution >= 0.6 is 11.6 Å². The zero-order chi connectivity index (χ0) is 17.8. The van der Waals surface area contributed by atoms with Gasteiger partial charge in [-0.3, -0.25) is 0 Å². The molecule has 0 N–H and O–H groups in total. The van der Waals surface area contributed by atoms with Crippen LogP contribution in [0.1, 0.15) is 19.3 Å². The van der Waals surface area contributed by atoms with Gasteiger partial charge >= 0.3 is 0 Å². The smallest absolute Gasteiger partial charge is 0.0497 e. The summed E-state index contributed by atoms with van der Waals surface area (Å²) in [6.07, 6.45) is 3.83. The van der Waals surface area contributed by atoms with E-state index in [1.54, 1.807) is 0 Å². The molecule has 3 heteroatoms. The quantitative estimate of drug-likeness (QED) is 0.503. The van der Waals surface area contributed by atoms with Gasteiger partial charge in [-0.15, -0.1) is 0 Å². The first-order chi connectivity index (χ1) is 12.8. The van der Waals surface area contributed by atoms with Gasteiger partial charge in [0.25, 0.3) is 0 Å². The monoisotopic (exact) mass is 362 g/mol. The average Bonchev–Trinajstić information content (AvgIpc) is 2.70. The molecule has 1 heterocycles. The van der Waals surface area contributed by atoms with Gasteiger partial charge in [0.1, 0.15) is 0 Å². The summed E-state index contributed by atoms with van der Waals surface area (Å²) in [5.41, 5.74) is 4.57. The molecular weight excluding hydrogens is 340 g/mol. The van der Waals surface area contributed by atoms with Crippen molar-refractivity contribution in [3.63, 3.8) is 0 Å². The molecule has 0 atom stereocenters. The molecular formula is C23H23ClN2. The number of rotatable bonds is 4. The molecule has 0 radical (unpaired) electrons. The van der Waals surface area contributed by atoms with E-state index in [9.17, 15) is 0 Å². The molecule has 0 amide bonds. The fourth-order valence-corrected chi connectivity index (χ4v) is 3.85. The SMILES string of the molecule is Clc1cc(N2CCCCC2)cc(N(c2ccccc2)c2ccccc2)c1. The summed E-state index contributed by atoms with van der Waals surface area (Å²) in [5, 5.41) is 0.778. The maximum absolute atomic E-state index is 6.53. The van der Waals surface area contributed by atoms with Crippen LogP contribution in [0.5, 0.6) is 0 Å². The van der Waals surface area contributed by atoms with Crippen LogP contribution in [0.3, 0.4) is 0 Å². The molecule has 26 heavy (non-hydrogen) atoms. The van der Waals surface area contributed by atoms with Crippen molar-refractivity contribution in [3.8, 4) is 0 Å². The first-order valence-electron chi connectivity index (χ1n) is 9.27. The zero-order valence-electron chi connectivity index (χ0n) is 14.8. The van der Waals surface area contributed by atoms with Crippen LogP contribution in [0.25, 0.3) is 0 Å². The van der Waals surface area contributed by atoms with E-state index in [1.807, 2.05) is 12.1 Å². The van der Waals surface area contributed by atoms with Crippen molar-refractivity contribution in [1.82, 2.24) is 0 Å². The van der Waals surface area contributed by atoms with E-state index in [0.717, 1.165) is 35.2 Å². The summed E-state index contributed by atoms with van der Waals surface area (Å²) in [4.78, 5) is 4.71. The summed E-state index contributed by atoms with van der Waals surface area (Å²) in [5.74, 6) is 0. The van der Waals surface area contributed by atoms with Crippen molar-refractivity contribution in [1.29, 1.82) is 0 Å². The van der Waals surface area contributed by atoms with Gasteiger partial charge in [-0.1, -0.05) is 48.0 Å². The number of benzene rings is 3. The summed E-state index contributed by atoms with van der Waals surface area (Å²) >= 11 is 6.53. The average molecular weight is 363 g/mol. The fourth-order valence-electron chi connectivity index (χ4n) is 3.62. The van der Waals surface area contributed by atoms with Gasteiger partial charge in [0, 0.05) is 40.9 Å². The summed E-state index contributed by atoms with van der Waals surface area (Å²) in [6, 6.07) is 27.3. The Hall–Kier alpha value is -2.45. The largest absolute Gasteiger partial charge is 0.371 e. The second kappa shape index (κ2) is 7.84. The van der Waals surface area contributed by atoms with Crippen LogP contribution in [0.2, 0.25) is 5.02 Å². The predicted octanol–water partition coefficient (Wildman–Crippen LogP) is 6.80. The minimum Gasteiger partial charge on any atom is -0.371 e. The molecule has 1 aliphatic heterocycles. The highest BCUT2D eigenvalue weighted by molar-refractivity contribution is 6.31. The van der Waals surface area contributed by atoms with E-state index >= 15 is 0 Å². The third-order valence-corrected chi connectivity index (χ3v) is 5.09. The molecule has 0 saturated carbocycles. The van der Waals surface area contributed by atoms with Crippen LogP contribution in [0, 0.1) is 0 Å². The van der Waals surface area contributed by atoms with E-state index in [2.05, 4.69) is 76.5 Å². The Balaban J connectivity index is 1.79. The third kappa shape index (κ3) is 3.71. The highest BCUT2D eigenvalue weighted by Gasteiger charge is 2.17. The van der Waals surface area contributed by atoms with Crippen molar-refractivity contribution >= 4 is 34.4 Å². The highest BCUT2D eigenvalue weighted by atomic mass is 35.5. The number of hydrogen-bond acceptors (Lipinski definition) is 2. The van der Waals surface area contributed by atoms with Gasteiger partial charge in [0.05, 0.1) is 0 Å². The Bertz CT molecular complexity index is 803. The van der Waals surface area contributed by atoms with E-state index in [-0.39, 0.29) is 0 Å². The number of halogens is 1. The van der Waals surface area contributed by atoms with E-state index < -0.39 is 0 Å². The van der Waals surface area contributed by atoms with Gasteiger partial charge in [-0.25, -0.2) is 0 Å². The number of nitrogens with zero attached hydrogens (tertiary/aromatic N) is 2. The molecule has 1 saturated heterocycles. The van der Waals surface area contributed by atoms with Crippen LogP contribution in [0.15, 0.2) is 78.9 Å². The lowest BCUT2D eigenvalue weighted by molar-refractivity contribution is 0.578. The van der Waals surface area contributed by atoms with Crippen molar-refractivity contribution in [3.05, 3.63) is 83.9 Å². The molecule has 1 aliphatic rings. The van der Waals surface area contributed by atoms with Crippen LogP contribution in [0.4, 0.5) is 22.7 Å². The second-order valence-electron chi connectivity index (χ2n) is 6.72. The Kier molecular flexibility index (Phi) is 5.12. The first kappa shape index (κ1) is 17.0. The topological polar surface area (TPSA) is 6.48 Å². The third-order valence-electron chi connectivity index (χ3n) is 4.88. The lowest BCUT2D eigenvalue weighted by Gasteiger charge is -2.31. The molecule has 3 aromatic carbocycles. The highest BCUT2D eigenvalue weighted by Crippen LogP contribution is 2.38. The Morgan fingerprint density at radius 1 is 0.654 bits per heavy atom. The molecule has 132 valence electrons. The van der Waals surface area contributed by atoms with Crippen LogP contribution in [-0.4, -0.2) is 13.1 Å². The van der Waals surface area contributed by atoms with E-state index in [0.29, 0.717) is 0 Å². The Morgan fingerprint density at radius 2 is 1.23 bits per heavy atom. The van der Waals surface area contributed by atoms with Crippen LogP contribution < -0.4 is 9.80 Å². The van der Waals surface area contributed by atoms with Gasteiger partial charge < -0.3 is 9.80 Å². The second-order valence-corrected chi connectivity index (χ2v) is 7.16. The zero-order valence-corrected chi connectivity index (χ0v) is 15.6. The lowest BCUT2D eigenvalue weighted by Crippen LogP contribution is -2.29. The van der Waals surface area contributed by atoms with Crippen molar-refractivity contribution < 1.29 is 0 Å². The Morgan fingerprint density at radius 3 is 1.81 bits per heavy atom. The molecule has 0 spiro atoms. The molecule has 4 rings (SSSR count). The molecule has 1 fully saturated rings. The molecule has 0 bridgehead atoms. The normalized spacial score (nSPS) is 14.3. The van der Waals surface area contributed by atoms with Gasteiger partial charge in [-0.05, 0) is 61.7 Å². The number of hydrogen-bond donors (Lipinski definition) is 0. The summed E-state index contributed by atoms with van der Waals surface area (Å²) < 4.78 is 0. The molecule has 0 unspecified atom stereocenters. The maximum atomic E-state index is 6.53.